The maximum atomic E-state index is 13.4. The molecular weight excluding hydrogens is 581 g/mol. The quantitative estimate of drug-likeness (QED) is 0.132. The number of ether oxygens (including phenoxy) is 1. The number of hydrogen-bond donors (Lipinski definition) is 3. The Morgan fingerprint density at radius 3 is 2.32 bits per heavy atom. The minimum absolute atomic E-state index is 0.0474. The molecule has 0 radical (unpaired) electrons. The number of carbonyl (C=O) groups excluding carboxylic acids is 3. The van der Waals surface area contributed by atoms with Crippen LogP contribution < -0.4 is 20.7 Å². The molecule has 0 aliphatic rings. The smallest absolute Gasteiger partial charge is 0.272 e. The molecule has 4 rings (SSSR count). The summed E-state index contributed by atoms with van der Waals surface area (Å²) in [6, 6.07) is 27.7. The van der Waals surface area contributed by atoms with Crippen LogP contribution in [0.4, 0.5) is 11.4 Å². The van der Waals surface area contributed by atoms with E-state index in [1.165, 1.54) is 11.8 Å². The van der Waals surface area contributed by atoms with Gasteiger partial charge in [-0.15, -0.1) is 11.8 Å². The fourth-order valence-electron chi connectivity index (χ4n) is 3.62. The molecule has 7 nitrogen and oxygen atoms in total. The van der Waals surface area contributed by atoms with E-state index in [4.69, 9.17) is 27.9 Å². The van der Waals surface area contributed by atoms with Crippen molar-refractivity contribution in [2.24, 2.45) is 0 Å². The monoisotopic (exact) mass is 605 g/mol. The summed E-state index contributed by atoms with van der Waals surface area (Å²) in [4.78, 5) is 39.4. The van der Waals surface area contributed by atoms with Crippen LogP contribution in [0.3, 0.4) is 0 Å². The van der Waals surface area contributed by atoms with E-state index in [0.29, 0.717) is 38.3 Å². The lowest BCUT2D eigenvalue weighted by Crippen LogP contribution is -2.30. The van der Waals surface area contributed by atoms with E-state index in [0.717, 1.165) is 4.90 Å². The van der Waals surface area contributed by atoms with Gasteiger partial charge in [0.1, 0.15) is 11.4 Å². The van der Waals surface area contributed by atoms with E-state index in [1.807, 2.05) is 6.07 Å². The second-order valence-corrected chi connectivity index (χ2v) is 10.5. The maximum Gasteiger partial charge on any atom is 0.272 e. The Bertz CT molecular complexity index is 1600. The molecule has 0 atom stereocenters. The number of halogens is 2. The molecular formula is C31H25Cl2N3O4S. The van der Waals surface area contributed by atoms with E-state index in [2.05, 4.69) is 16.0 Å². The average Bonchev–Trinajstić information content (AvgIpc) is 2.98. The van der Waals surface area contributed by atoms with Gasteiger partial charge in [0.25, 0.3) is 11.8 Å². The van der Waals surface area contributed by atoms with Crippen molar-refractivity contribution >= 4 is 70.1 Å². The normalized spacial score (nSPS) is 11.0. The van der Waals surface area contributed by atoms with Crippen LogP contribution in [0.2, 0.25) is 10.0 Å². The molecule has 0 aliphatic carbocycles. The zero-order chi connectivity index (χ0) is 29.2. The van der Waals surface area contributed by atoms with Gasteiger partial charge in [0.05, 0.1) is 22.9 Å². The lowest BCUT2D eigenvalue weighted by atomic mass is 10.1. The Morgan fingerprint density at radius 1 is 0.805 bits per heavy atom. The first kappa shape index (κ1) is 29.7. The largest absolute Gasteiger partial charge is 0.497 e. The third kappa shape index (κ3) is 8.88. The molecule has 0 aromatic heterocycles. The molecule has 0 bridgehead atoms. The van der Waals surface area contributed by atoms with Gasteiger partial charge in [-0.3, -0.25) is 14.4 Å². The van der Waals surface area contributed by atoms with Gasteiger partial charge in [0.2, 0.25) is 5.91 Å². The molecule has 0 unspecified atom stereocenters. The van der Waals surface area contributed by atoms with Gasteiger partial charge in [-0.1, -0.05) is 59.6 Å². The second-order valence-electron chi connectivity index (χ2n) is 8.60. The molecule has 10 heteroatoms. The van der Waals surface area contributed by atoms with Crippen LogP contribution in [0.5, 0.6) is 5.75 Å². The van der Waals surface area contributed by atoms with Crippen molar-refractivity contribution < 1.29 is 19.1 Å². The molecule has 3 N–H and O–H groups in total. The standard InChI is InChI=1S/C31H25Cl2N3O4S/c1-40-24-11-5-7-20(15-24)16-28(36-30(38)21-8-3-2-4-9-21)31(39)35-22-10-6-12-25(17-22)41-19-29(37)34-23-13-14-26(32)27(33)18-23/h2-18H,19H2,1H3,(H,34,37)(H,35,39)(H,36,38)/b28-16-. The lowest BCUT2D eigenvalue weighted by Gasteiger charge is -2.12. The van der Waals surface area contributed by atoms with Gasteiger partial charge in [-0.2, -0.15) is 0 Å². The highest BCUT2D eigenvalue weighted by Crippen LogP contribution is 2.26. The Labute approximate surface area is 251 Å². The van der Waals surface area contributed by atoms with Crippen molar-refractivity contribution in [1.29, 1.82) is 0 Å². The molecule has 0 aliphatic heterocycles. The summed E-state index contributed by atoms with van der Waals surface area (Å²) in [6.45, 7) is 0. The van der Waals surface area contributed by atoms with Crippen LogP contribution in [-0.2, 0) is 9.59 Å². The van der Waals surface area contributed by atoms with Crippen molar-refractivity contribution in [2.75, 3.05) is 23.5 Å². The third-order valence-corrected chi connectivity index (χ3v) is 7.33. The van der Waals surface area contributed by atoms with Crippen molar-refractivity contribution in [3.63, 3.8) is 0 Å². The first-order valence-corrected chi connectivity index (χ1v) is 14.1. The zero-order valence-electron chi connectivity index (χ0n) is 21.8. The summed E-state index contributed by atoms with van der Waals surface area (Å²) in [7, 11) is 1.55. The lowest BCUT2D eigenvalue weighted by molar-refractivity contribution is -0.114. The molecule has 4 aromatic carbocycles. The molecule has 208 valence electrons. The highest BCUT2D eigenvalue weighted by Gasteiger charge is 2.16. The number of anilines is 2. The van der Waals surface area contributed by atoms with E-state index in [-0.39, 0.29) is 17.4 Å². The zero-order valence-corrected chi connectivity index (χ0v) is 24.1. The minimum Gasteiger partial charge on any atom is -0.497 e. The van der Waals surface area contributed by atoms with Gasteiger partial charge in [0.15, 0.2) is 0 Å². The van der Waals surface area contributed by atoms with Crippen LogP contribution >= 0.6 is 35.0 Å². The predicted octanol–water partition coefficient (Wildman–Crippen LogP) is 7.14. The number of rotatable bonds is 10. The Balaban J connectivity index is 1.46. The number of hydrogen-bond acceptors (Lipinski definition) is 5. The van der Waals surface area contributed by atoms with E-state index in [9.17, 15) is 14.4 Å². The summed E-state index contributed by atoms with van der Waals surface area (Å²) in [5.74, 6) is -0.425. The summed E-state index contributed by atoms with van der Waals surface area (Å²) < 4.78 is 5.28. The van der Waals surface area contributed by atoms with Crippen molar-refractivity contribution in [3.8, 4) is 5.75 Å². The molecule has 0 heterocycles. The van der Waals surface area contributed by atoms with Crippen molar-refractivity contribution in [3.05, 3.63) is 124 Å². The number of methoxy groups -OCH3 is 1. The minimum atomic E-state index is -0.517. The van der Waals surface area contributed by atoms with E-state index in [1.54, 1.807) is 104 Å². The summed E-state index contributed by atoms with van der Waals surface area (Å²) in [5, 5.41) is 9.08. The SMILES string of the molecule is COc1cccc(/C=C(\NC(=O)c2ccccc2)C(=O)Nc2cccc(SCC(=O)Nc3ccc(Cl)c(Cl)c3)c2)c1. The molecule has 41 heavy (non-hydrogen) atoms. The summed E-state index contributed by atoms with van der Waals surface area (Å²) in [6.07, 6.45) is 1.57. The van der Waals surface area contributed by atoms with Crippen molar-refractivity contribution in [2.45, 2.75) is 4.90 Å². The van der Waals surface area contributed by atoms with E-state index < -0.39 is 11.8 Å². The van der Waals surface area contributed by atoms with Gasteiger partial charge < -0.3 is 20.7 Å². The summed E-state index contributed by atoms with van der Waals surface area (Å²) in [5.41, 5.74) is 2.16. The van der Waals surface area contributed by atoms with Crippen LogP contribution in [0.1, 0.15) is 15.9 Å². The van der Waals surface area contributed by atoms with Gasteiger partial charge >= 0.3 is 0 Å². The topological polar surface area (TPSA) is 96.5 Å². The fraction of sp³-hybridized carbons (Fsp3) is 0.0645. The van der Waals surface area contributed by atoms with Crippen LogP contribution in [0.15, 0.2) is 108 Å². The second kappa shape index (κ2) is 14.4. The van der Waals surface area contributed by atoms with Crippen LogP contribution in [0, 0.1) is 0 Å². The van der Waals surface area contributed by atoms with Gasteiger partial charge in [-0.05, 0) is 72.3 Å². The number of amides is 3. The van der Waals surface area contributed by atoms with Crippen LogP contribution in [-0.4, -0.2) is 30.6 Å². The molecule has 0 saturated heterocycles. The number of thioether (sulfide) groups is 1. The first-order chi connectivity index (χ1) is 19.8. The molecule has 0 spiro atoms. The number of carbonyl (C=O) groups is 3. The van der Waals surface area contributed by atoms with E-state index >= 15 is 0 Å². The highest BCUT2D eigenvalue weighted by molar-refractivity contribution is 8.00. The first-order valence-electron chi connectivity index (χ1n) is 12.3. The fourth-order valence-corrected chi connectivity index (χ4v) is 4.68. The number of benzene rings is 4. The van der Waals surface area contributed by atoms with Gasteiger partial charge in [-0.25, -0.2) is 0 Å². The average molecular weight is 607 g/mol. The maximum absolute atomic E-state index is 13.4. The predicted molar refractivity (Wildman–Crippen MR) is 166 cm³/mol. The molecule has 4 aromatic rings. The van der Waals surface area contributed by atoms with Crippen molar-refractivity contribution in [1.82, 2.24) is 5.32 Å². The molecule has 0 saturated carbocycles. The Hall–Kier alpha value is -4.24. The summed E-state index contributed by atoms with van der Waals surface area (Å²) >= 11 is 13.2. The van der Waals surface area contributed by atoms with Crippen LogP contribution in [0.25, 0.3) is 6.08 Å². The highest BCUT2D eigenvalue weighted by atomic mass is 35.5. The Kier molecular flexibility index (Phi) is 10.5. The number of nitrogens with one attached hydrogen (secondary N) is 3. The Morgan fingerprint density at radius 2 is 1.56 bits per heavy atom. The molecule has 0 fully saturated rings. The third-order valence-electron chi connectivity index (χ3n) is 5.60. The molecule has 3 amide bonds. The van der Waals surface area contributed by atoms with Gasteiger partial charge in [0, 0.05) is 21.8 Å².